The Morgan fingerprint density at radius 3 is 2.61 bits per heavy atom. The molecule has 1 aromatic carbocycles. The van der Waals surface area contributed by atoms with E-state index >= 15 is 0 Å². The Balaban J connectivity index is 2.17. The van der Waals surface area contributed by atoms with Crippen LogP contribution in [0.3, 0.4) is 0 Å². The molecule has 2 rings (SSSR count). The first-order chi connectivity index (χ1) is 11.0. The zero-order valence-electron chi connectivity index (χ0n) is 12.8. The Morgan fingerprint density at radius 1 is 1.35 bits per heavy atom. The standard InChI is InChI=1S/C15H17N3O4S/c1-3-8-22-11-6-4-10(5-7-11)12-13(19)16-15(18-17-12)23-9(2)14(20)21/h4-7,9H,3,8H2,1-2H3,(H,20,21)(H,16,18,19). The number of thioether (sulfide) groups is 1. The first-order valence-electron chi connectivity index (χ1n) is 7.11. The van der Waals surface area contributed by atoms with Gasteiger partial charge in [0, 0.05) is 5.56 Å². The summed E-state index contributed by atoms with van der Waals surface area (Å²) in [5.74, 6) is -0.258. The van der Waals surface area contributed by atoms with Crippen molar-refractivity contribution in [2.45, 2.75) is 30.7 Å². The Morgan fingerprint density at radius 2 is 2.04 bits per heavy atom. The van der Waals surface area contributed by atoms with E-state index in [1.807, 2.05) is 6.92 Å². The van der Waals surface area contributed by atoms with Crippen LogP contribution in [-0.4, -0.2) is 38.1 Å². The lowest BCUT2D eigenvalue weighted by molar-refractivity contribution is -0.136. The van der Waals surface area contributed by atoms with E-state index in [1.54, 1.807) is 24.3 Å². The summed E-state index contributed by atoms with van der Waals surface area (Å²) >= 11 is 0.933. The van der Waals surface area contributed by atoms with E-state index in [9.17, 15) is 9.59 Å². The van der Waals surface area contributed by atoms with Crippen molar-refractivity contribution in [2.75, 3.05) is 6.61 Å². The molecule has 0 amide bonds. The van der Waals surface area contributed by atoms with Crippen molar-refractivity contribution in [3.63, 3.8) is 0 Å². The van der Waals surface area contributed by atoms with Crippen molar-refractivity contribution < 1.29 is 14.6 Å². The molecule has 0 aliphatic rings. The lowest BCUT2D eigenvalue weighted by Crippen LogP contribution is -2.17. The molecule has 0 saturated carbocycles. The average molecular weight is 335 g/mol. The van der Waals surface area contributed by atoms with E-state index in [-0.39, 0.29) is 10.9 Å². The molecule has 23 heavy (non-hydrogen) atoms. The summed E-state index contributed by atoms with van der Waals surface area (Å²) in [6.45, 7) is 4.16. The number of carboxylic acids is 1. The van der Waals surface area contributed by atoms with Gasteiger partial charge in [0.25, 0.3) is 5.56 Å². The molecule has 122 valence electrons. The van der Waals surface area contributed by atoms with Gasteiger partial charge < -0.3 is 9.84 Å². The number of aliphatic carboxylic acids is 1. The number of hydrogen-bond donors (Lipinski definition) is 2. The fourth-order valence-corrected chi connectivity index (χ4v) is 2.39. The van der Waals surface area contributed by atoms with Crippen LogP contribution in [0.2, 0.25) is 0 Å². The summed E-state index contributed by atoms with van der Waals surface area (Å²) in [7, 11) is 0. The van der Waals surface area contributed by atoms with Crippen molar-refractivity contribution in [1.29, 1.82) is 0 Å². The van der Waals surface area contributed by atoms with E-state index in [4.69, 9.17) is 9.84 Å². The van der Waals surface area contributed by atoms with Crippen molar-refractivity contribution in [3.8, 4) is 17.0 Å². The van der Waals surface area contributed by atoms with Crippen LogP contribution in [0.5, 0.6) is 5.75 Å². The largest absolute Gasteiger partial charge is 0.494 e. The topological polar surface area (TPSA) is 105 Å². The lowest BCUT2D eigenvalue weighted by atomic mass is 10.1. The fourth-order valence-electron chi connectivity index (χ4n) is 1.71. The molecule has 0 fully saturated rings. The third-order valence-electron chi connectivity index (χ3n) is 2.91. The van der Waals surface area contributed by atoms with Crippen LogP contribution >= 0.6 is 11.8 Å². The minimum atomic E-state index is -0.982. The molecular weight excluding hydrogens is 318 g/mol. The number of aromatic amines is 1. The third-order valence-corrected chi connectivity index (χ3v) is 3.88. The first kappa shape index (κ1) is 17.0. The highest BCUT2D eigenvalue weighted by Gasteiger charge is 2.15. The fraction of sp³-hybridized carbons (Fsp3) is 0.333. The highest BCUT2D eigenvalue weighted by atomic mass is 32.2. The number of hydrogen-bond acceptors (Lipinski definition) is 6. The number of carboxylic acid groups (broad SMARTS) is 1. The number of carbonyl (C=O) groups is 1. The Labute approximate surface area is 137 Å². The van der Waals surface area contributed by atoms with Gasteiger partial charge in [-0.25, -0.2) is 0 Å². The van der Waals surface area contributed by atoms with Gasteiger partial charge >= 0.3 is 5.97 Å². The van der Waals surface area contributed by atoms with Gasteiger partial charge in [0.05, 0.1) is 6.61 Å². The maximum Gasteiger partial charge on any atom is 0.316 e. The molecule has 2 N–H and O–H groups in total. The molecule has 0 bridgehead atoms. The van der Waals surface area contributed by atoms with Crippen molar-refractivity contribution in [3.05, 3.63) is 34.6 Å². The number of ether oxygens (including phenoxy) is 1. The molecule has 8 heteroatoms. The van der Waals surface area contributed by atoms with Crippen LogP contribution in [0.25, 0.3) is 11.3 Å². The highest BCUT2D eigenvalue weighted by molar-refractivity contribution is 8.00. The van der Waals surface area contributed by atoms with E-state index < -0.39 is 16.8 Å². The van der Waals surface area contributed by atoms with Gasteiger partial charge in [-0.2, -0.15) is 0 Å². The molecule has 0 aliphatic heterocycles. The highest BCUT2D eigenvalue weighted by Crippen LogP contribution is 2.20. The Hall–Kier alpha value is -2.35. The van der Waals surface area contributed by atoms with E-state index in [0.717, 1.165) is 23.9 Å². The van der Waals surface area contributed by atoms with Gasteiger partial charge in [-0.1, -0.05) is 18.7 Å². The molecule has 1 heterocycles. The first-order valence-corrected chi connectivity index (χ1v) is 7.99. The van der Waals surface area contributed by atoms with Crippen LogP contribution in [0.1, 0.15) is 20.3 Å². The lowest BCUT2D eigenvalue weighted by Gasteiger charge is -2.06. The Kier molecular flexibility index (Phi) is 5.75. The number of rotatable bonds is 7. The number of nitrogens with one attached hydrogen (secondary N) is 1. The van der Waals surface area contributed by atoms with Crippen molar-refractivity contribution in [2.24, 2.45) is 0 Å². The van der Waals surface area contributed by atoms with Gasteiger partial charge in [-0.05, 0) is 37.6 Å². The zero-order valence-corrected chi connectivity index (χ0v) is 13.6. The minimum Gasteiger partial charge on any atom is -0.494 e. The number of nitrogens with zero attached hydrogens (tertiary/aromatic N) is 2. The third kappa shape index (κ3) is 4.56. The second kappa shape index (κ2) is 7.77. The summed E-state index contributed by atoms with van der Waals surface area (Å²) in [5, 5.41) is 16.1. The van der Waals surface area contributed by atoms with Crippen molar-refractivity contribution >= 4 is 17.7 Å². The van der Waals surface area contributed by atoms with Crippen LogP contribution in [0.15, 0.2) is 34.2 Å². The van der Waals surface area contributed by atoms with E-state index in [1.165, 1.54) is 6.92 Å². The smallest absolute Gasteiger partial charge is 0.316 e. The summed E-state index contributed by atoms with van der Waals surface area (Å²) in [5.41, 5.74) is 0.382. The monoisotopic (exact) mass is 335 g/mol. The Bertz CT molecular complexity index is 730. The maximum atomic E-state index is 12.1. The molecule has 0 radical (unpaired) electrons. The summed E-state index contributed by atoms with van der Waals surface area (Å²) < 4.78 is 5.48. The molecule has 1 unspecified atom stereocenters. The SMILES string of the molecule is CCCOc1ccc(-c2nnc(SC(C)C(=O)O)[nH]c2=O)cc1. The maximum absolute atomic E-state index is 12.1. The second-order valence-corrected chi connectivity index (χ2v) is 6.11. The molecule has 1 aromatic heterocycles. The molecular formula is C15H17N3O4S. The van der Waals surface area contributed by atoms with Crippen LogP contribution < -0.4 is 10.3 Å². The molecule has 2 aromatic rings. The van der Waals surface area contributed by atoms with Gasteiger partial charge in [0.2, 0.25) is 0 Å². The van der Waals surface area contributed by atoms with Crippen molar-refractivity contribution in [1.82, 2.24) is 15.2 Å². The molecule has 0 saturated heterocycles. The van der Waals surface area contributed by atoms with Gasteiger partial charge in [-0.15, -0.1) is 10.2 Å². The van der Waals surface area contributed by atoms with E-state index in [0.29, 0.717) is 12.2 Å². The van der Waals surface area contributed by atoms with Crippen LogP contribution in [0.4, 0.5) is 0 Å². The van der Waals surface area contributed by atoms with Gasteiger partial charge in [-0.3, -0.25) is 14.6 Å². The second-order valence-electron chi connectivity index (χ2n) is 4.78. The minimum absolute atomic E-state index is 0.177. The van der Waals surface area contributed by atoms with Crippen LogP contribution in [-0.2, 0) is 4.79 Å². The summed E-state index contributed by atoms with van der Waals surface area (Å²) in [4.78, 5) is 25.5. The number of aromatic nitrogens is 3. The van der Waals surface area contributed by atoms with Crippen LogP contribution in [0, 0.1) is 0 Å². The number of H-pyrrole nitrogens is 1. The summed E-state index contributed by atoms with van der Waals surface area (Å²) in [6, 6.07) is 7.00. The van der Waals surface area contributed by atoms with Gasteiger partial charge in [0.15, 0.2) is 10.9 Å². The molecule has 7 nitrogen and oxygen atoms in total. The predicted molar refractivity (Wildman–Crippen MR) is 86.8 cm³/mol. The normalized spacial score (nSPS) is 11.9. The summed E-state index contributed by atoms with van der Waals surface area (Å²) in [6.07, 6.45) is 0.917. The average Bonchev–Trinajstić information content (AvgIpc) is 2.53. The quantitative estimate of drug-likeness (QED) is 0.747. The zero-order chi connectivity index (χ0) is 16.8. The predicted octanol–water partition coefficient (Wildman–Crippen LogP) is 2.19. The van der Waals surface area contributed by atoms with Gasteiger partial charge in [0.1, 0.15) is 11.0 Å². The molecule has 0 aliphatic carbocycles. The molecule has 0 spiro atoms. The molecule has 1 atom stereocenters. The van der Waals surface area contributed by atoms with E-state index in [2.05, 4.69) is 15.2 Å². The number of benzene rings is 1.